The molecule has 16 heavy (non-hydrogen) atoms. The van der Waals surface area contributed by atoms with Crippen LogP contribution < -0.4 is 0 Å². The van der Waals surface area contributed by atoms with Crippen LogP contribution in [0.4, 0.5) is 0 Å². The van der Waals surface area contributed by atoms with Gasteiger partial charge in [-0.2, -0.15) is 0 Å². The Labute approximate surface area is 115 Å². The van der Waals surface area contributed by atoms with Crippen LogP contribution in [-0.4, -0.2) is 0 Å². The second-order valence-electron chi connectivity index (χ2n) is 3.33. The van der Waals surface area contributed by atoms with Gasteiger partial charge >= 0.3 is 90.7 Å². The van der Waals surface area contributed by atoms with E-state index >= 15 is 0 Å². The van der Waals surface area contributed by atoms with Gasteiger partial charge in [-0.25, -0.2) is 0 Å². The summed E-state index contributed by atoms with van der Waals surface area (Å²) in [7, 11) is 0. The minimum absolute atomic E-state index is 0. The molecule has 0 amide bonds. The molecule has 1 aliphatic carbocycles. The number of hydrogen-bond donors (Lipinski definition) is 0. The Morgan fingerprint density at radius 2 is 1.81 bits per heavy atom. The summed E-state index contributed by atoms with van der Waals surface area (Å²) in [5.74, 6) is 0. The summed E-state index contributed by atoms with van der Waals surface area (Å²) >= 11 is -0.833. The van der Waals surface area contributed by atoms with Crippen LogP contribution in [0.2, 0.25) is 0 Å². The van der Waals surface area contributed by atoms with E-state index in [9.17, 15) is 3.67 Å². The third kappa shape index (κ3) is 3.91. The first-order chi connectivity index (χ1) is 6.90. The van der Waals surface area contributed by atoms with E-state index in [1.54, 1.807) is 0 Å². The normalized spacial score (nSPS) is 13.0. The summed E-state index contributed by atoms with van der Waals surface area (Å²) < 4.78 is 12.1. The maximum absolute atomic E-state index is 10.9. The summed E-state index contributed by atoms with van der Waals surface area (Å²) in [6.07, 6.45) is 6.02. The maximum atomic E-state index is 10.9. The number of benzene rings is 1. The van der Waals surface area contributed by atoms with Gasteiger partial charge in [0, 0.05) is 0 Å². The van der Waals surface area contributed by atoms with Crippen molar-refractivity contribution in [3.63, 3.8) is 0 Å². The molecule has 0 atom stereocenters. The molecule has 0 heterocycles. The molecule has 0 bridgehead atoms. The van der Waals surface area contributed by atoms with Gasteiger partial charge in [-0.05, 0) is 0 Å². The van der Waals surface area contributed by atoms with Gasteiger partial charge in [0.05, 0.1) is 0 Å². The second kappa shape index (κ2) is 7.86. The van der Waals surface area contributed by atoms with Crippen LogP contribution in [0.1, 0.15) is 12.0 Å². The fraction of sp³-hybridized carbons (Fsp3) is 0.167. The Kier molecular flexibility index (Phi) is 7.70. The molecule has 0 saturated heterocycles. The molecule has 1 aromatic carbocycles. The van der Waals surface area contributed by atoms with Crippen molar-refractivity contribution in [1.29, 1.82) is 0 Å². The van der Waals surface area contributed by atoms with Crippen LogP contribution in [0.25, 0.3) is 0 Å². The van der Waals surface area contributed by atoms with Gasteiger partial charge in [0.25, 0.3) is 0 Å². The Morgan fingerprint density at radius 3 is 2.44 bits per heavy atom. The number of halogens is 2. The standard InChI is InChI=1S/C12H11.2ClH.O.V/c1-2-6-11(7-3-1)10-12-8-4-5-9-12;;;;/h1-4,6-8H,5,10H2;2*1H;;. The molecule has 1 nitrogen and oxygen atoms in total. The molecule has 86 valence electrons. The number of allylic oxidation sites excluding steroid dienone is 4. The predicted molar refractivity (Wildman–Crippen MR) is 66.1 cm³/mol. The van der Waals surface area contributed by atoms with Crippen LogP contribution in [-0.2, 0) is 26.3 Å². The first-order valence-electron chi connectivity index (χ1n) is 4.66. The van der Waals surface area contributed by atoms with Crippen LogP contribution in [0, 0.1) is 0 Å². The van der Waals surface area contributed by atoms with Gasteiger partial charge < -0.3 is 0 Å². The molecule has 2 rings (SSSR count). The zero-order chi connectivity index (χ0) is 9.80. The molecule has 4 heteroatoms. The van der Waals surface area contributed by atoms with Crippen molar-refractivity contribution < 1.29 is 19.9 Å². The molecule has 0 aliphatic heterocycles. The Morgan fingerprint density at radius 1 is 1.12 bits per heavy atom. The predicted octanol–water partition coefficient (Wildman–Crippen LogP) is 3.71. The van der Waals surface area contributed by atoms with Gasteiger partial charge in [0.2, 0.25) is 0 Å². The van der Waals surface area contributed by atoms with E-state index in [1.807, 2.05) is 18.2 Å². The van der Waals surface area contributed by atoms with E-state index < -0.39 is 16.2 Å². The molecule has 0 saturated carbocycles. The molecular formula is C12H13Cl2OV. The number of hydrogen-bond acceptors (Lipinski definition) is 1. The van der Waals surface area contributed by atoms with Crippen molar-refractivity contribution in [2.24, 2.45) is 0 Å². The number of rotatable bonds is 3. The van der Waals surface area contributed by atoms with Crippen LogP contribution in [0.15, 0.2) is 52.3 Å². The van der Waals surface area contributed by atoms with Crippen LogP contribution in [0.3, 0.4) is 0 Å². The van der Waals surface area contributed by atoms with Crippen molar-refractivity contribution in [2.75, 3.05) is 0 Å². The van der Waals surface area contributed by atoms with Gasteiger partial charge in [0.15, 0.2) is 0 Å². The topological polar surface area (TPSA) is 17.1 Å². The summed E-state index contributed by atoms with van der Waals surface area (Å²) in [4.78, 5) is 0. The van der Waals surface area contributed by atoms with Crippen molar-refractivity contribution in [3.05, 3.63) is 57.9 Å². The summed E-state index contributed by atoms with van der Waals surface area (Å²) in [6, 6.07) is 10.3. The summed E-state index contributed by atoms with van der Waals surface area (Å²) in [6.45, 7) is 0. The molecule has 1 aliphatic rings. The van der Waals surface area contributed by atoms with Gasteiger partial charge in [0.1, 0.15) is 0 Å². The third-order valence-electron chi connectivity index (χ3n) is 2.35. The summed E-state index contributed by atoms with van der Waals surface area (Å²) in [5, 5.41) is 0. The average Bonchev–Trinajstić information content (AvgIpc) is 2.67. The zero-order valence-corrected chi connectivity index (χ0v) is 11.7. The summed E-state index contributed by atoms with van der Waals surface area (Å²) in [5.41, 5.74) is 2.55. The Hall–Kier alpha value is -0.336. The molecule has 0 aromatic heterocycles. The zero-order valence-electron chi connectivity index (χ0n) is 8.63. The first-order valence-corrected chi connectivity index (χ1v) is 5.93. The third-order valence-corrected chi connectivity index (χ3v) is 3.43. The van der Waals surface area contributed by atoms with Crippen LogP contribution in [0.5, 0.6) is 0 Å². The van der Waals surface area contributed by atoms with Crippen LogP contribution >= 0.6 is 24.8 Å². The van der Waals surface area contributed by atoms with E-state index in [-0.39, 0.29) is 24.8 Å². The molecule has 0 spiro atoms. The molecule has 0 unspecified atom stereocenters. The Balaban J connectivity index is 0.00000112. The quantitative estimate of drug-likeness (QED) is 0.830. The van der Waals surface area contributed by atoms with E-state index in [1.165, 1.54) is 11.1 Å². The molecular weight excluding hydrogens is 282 g/mol. The Bertz CT molecular complexity index is 399. The molecule has 0 fully saturated rings. The van der Waals surface area contributed by atoms with Gasteiger partial charge in [-0.1, -0.05) is 0 Å². The van der Waals surface area contributed by atoms with Gasteiger partial charge in [-0.3, -0.25) is 0 Å². The minimum atomic E-state index is -0.833. The molecule has 1 aromatic rings. The first kappa shape index (κ1) is 15.7. The van der Waals surface area contributed by atoms with Crippen molar-refractivity contribution in [2.45, 2.75) is 12.8 Å². The average molecular weight is 295 g/mol. The monoisotopic (exact) mass is 294 g/mol. The van der Waals surface area contributed by atoms with Crippen molar-refractivity contribution >= 4 is 24.8 Å². The molecule has 0 radical (unpaired) electrons. The van der Waals surface area contributed by atoms with E-state index in [2.05, 4.69) is 24.3 Å². The fourth-order valence-corrected chi connectivity index (χ4v) is 2.32. The second-order valence-corrected chi connectivity index (χ2v) is 4.46. The van der Waals surface area contributed by atoms with Crippen molar-refractivity contribution in [1.82, 2.24) is 0 Å². The SMILES string of the molecule is Cl.Cl.[O]=[V][C]1=C(Cc2ccccc2)C=CC1. The fourth-order valence-electron chi connectivity index (χ4n) is 1.61. The van der Waals surface area contributed by atoms with Crippen molar-refractivity contribution in [3.8, 4) is 0 Å². The van der Waals surface area contributed by atoms with E-state index in [0.717, 1.165) is 17.1 Å². The van der Waals surface area contributed by atoms with E-state index in [0.29, 0.717) is 0 Å². The molecule has 0 N–H and O–H groups in total. The van der Waals surface area contributed by atoms with Gasteiger partial charge in [-0.15, -0.1) is 24.8 Å². The van der Waals surface area contributed by atoms with E-state index in [4.69, 9.17) is 0 Å².